The third kappa shape index (κ3) is 2.28. The van der Waals surface area contributed by atoms with E-state index >= 15 is 0 Å². The third-order valence-corrected chi connectivity index (χ3v) is 2.65. The van der Waals surface area contributed by atoms with E-state index in [4.69, 9.17) is 5.73 Å². The molecule has 1 saturated carbocycles. The Hall–Kier alpha value is -1.10. The zero-order valence-electron chi connectivity index (χ0n) is 8.01. The summed E-state index contributed by atoms with van der Waals surface area (Å²) in [4.78, 5) is 3.50. The van der Waals surface area contributed by atoms with E-state index in [-0.39, 0.29) is 12.0 Å². The summed E-state index contributed by atoms with van der Waals surface area (Å²) >= 11 is 0. The Kier molecular flexibility index (Phi) is 2.22. The first-order chi connectivity index (χ1) is 6.91. The minimum Gasteiger partial charge on any atom is -0.325 e. The predicted molar refractivity (Wildman–Crippen MR) is 49.1 cm³/mol. The molecular formula is C10H11F3N2. The summed E-state index contributed by atoms with van der Waals surface area (Å²) in [5, 5.41) is 0. The first kappa shape index (κ1) is 10.4. The predicted octanol–water partition coefficient (Wildman–Crippen LogP) is 2.13. The maximum Gasteiger partial charge on any atom is 0.418 e. The van der Waals surface area contributed by atoms with Crippen molar-refractivity contribution in [3.05, 3.63) is 29.6 Å². The molecule has 15 heavy (non-hydrogen) atoms. The van der Waals surface area contributed by atoms with Crippen LogP contribution in [0.2, 0.25) is 0 Å². The first-order valence-corrected chi connectivity index (χ1v) is 4.70. The van der Waals surface area contributed by atoms with Crippen LogP contribution in [-0.2, 0) is 12.6 Å². The van der Waals surface area contributed by atoms with Gasteiger partial charge in [-0.2, -0.15) is 13.2 Å². The van der Waals surface area contributed by atoms with Crippen molar-refractivity contribution in [2.75, 3.05) is 0 Å². The van der Waals surface area contributed by atoms with Gasteiger partial charge in [0.1, 0.15) is 0 Å². The Bertz CT molecular complexity index is 369. The zero-order chi connectivity index (χ0) is 11.1. The van der Waals surface area contributed by atoms with Gasteiger partial charge in [0.2, 0.25) is 0 Å². The van der Waals surface area contributed by atoms with Gasteiger partial charge in [0.05, 0.1) is 5.56 Å². The normalized spacial score (nSPS) is 18.9. The van der Waals surface area contributed by atoms with Crippen molar-refractivity contribution < 1.29 is 13.2 Å². The molecule has 0 atom stereocenters. The van der Waals surface area contributed by atoms with Gasteiger partial charge in [-0.15, -0.1) is 0 Å². The Morgan fingerprint density at radius 2 is 2.07 bits per heavy atom. The number of pyridine rings is 1. The van der Waals surface area contributed by atoms with Crippen molar-refractivity contribution >= 4 is 0 Å². The summed E-state index contributed by atoms with van der Waals surface area (Å²) < 4.78 is 37.7. The van der Waals surface area contributed by atoms with E-state index in [1.54, 1.807) is 0 Å². The molecule has 0 saturated heterocycles. The molecule has 2 N–H and O–H groups in total. The number of aromatic nitrogens is 1. The average Bonchev–Trinajstić information content (AvgIpc) is 2.82. The lowest BCUT2D eigenvalue weighted by atomic mass is 10.0. The molecule has 1 aliphatic rings. The molecule has 5 heteroatoms. The van der Waals surface area contributed by atoms with Gasteiger partial charge in [0.25, 0.3) is 0 Å². The number of rotatable bonds is 2. The summed E-state index contributed by atoms with van der Waals surface area (Å²) in [6.07, 6.45) is -0.226. The number of hydrogen-bond acceptors (Lipinski definition) is 2. The highest BCUT2D eigenvalue weighted by molar-refractivity contribution is 5.29. The van der Waals surface area contributed by atoms with E-state index in [9.17, 15) is 13.2 Å². The van der Waals surface area contributed by atoms with E-state index < -0.39 is 17.3 Å². The first-order valence-electron chi connectivity index (χ1n) is 4.70. The second-order valence-corrected chi connectivity index (χ2v) is 4.07. The summed E-state index contributed by atoms with van der Waals surface area (Å²) in [6, 6.07) is 1.40. The maximum absolute atomic E-state index is 12.6. The monoisotopic (exact) mass is 216 g/mol. The Morgan fingerprint density at radius 1 is 1.40 bits per heavy atom. The lowest BCUT2D eigenvalue weighted by Crippen LogP contribution is -2.26. The quantitative estimate of drug-likeness (QED) is 0.822. The number of nitrogens with two attached hydrogens (primary N) is 1. The largest absolute Gasteiger partial charge is 0.418 e. The van der Waals surface area contributed by atoms with Crippen molar-refractivity contribution in [2.24, 2.45) is 5.73 Å². The molecular weight excluding hydrogens is 205 g/mol. The highest BCUT2D eigenvalue weighted by Crippen LogP contribution is 2.39. The fourth-order valence-electron chi connectivity index (χ4n) is 1.55. The standard InChI is InChI=1S/C10H11F3N2/c11-10(12,13)8-6-15-4-1-7(8)5-9(14)2-3-9/h1,4,6H,2-3,5,14H2. The molecule has 82 valence electrons. The average molecular weight is 216 g/mol. The van der Waals surface area contributed by atoms with Gasteiger partial charge in [-0.25, -0.2) is 0 Å². The van der Waals surface area contributed by atoms with Crippen molar-refractivity contribution in [3.63, 3.8) is 0 Å². The fraction of sp³-hybridized carbons (Fsp3) is 0.500. The molecule has 2 nitrogen and oxygen atoms in total. The molecule has 0 aliphatic heterocycles. The van der Waals surface area contributed by atoms with E-state index in [1.165, 1.54) is 12.3 Å². The molecule has 1 fully saturated rings. The minimum atomic E-state index is -4.34. The van der Waals surface area contributed by atoms with Crippen LogP contribution in [0.4, 0.5) is 13.2 Å². The van der Waals surface area contributed by atoms with Crippen LogP contribution >= 0.6 is 0 Å². The molecule has 0 amide bonds. The van der Waals surface area contributed by atoms with Crippen molar-refractivity contribution in [3.8, 4) is 0 Å². The molecule has 0 aromatic carbocycles. The molecule has 1 heterocycles. The summed E-state index contributed by atoms with van der Waals surface area (Å²) in [6.45, 7) is 0. The van der Waals surface area contributed by atoms with E-state index in [2.05, 4.69) is 4.98 Å². The Balaban J connectivity index is 2.30. The van der Waals surface area contributed by atoms with Gasteiger partial charge >= 0.3 is 6.18 Å². The van der Waals surface area contributed by atoms with Crippen molar-refractivity contribution in [1.82, 2.24) is 4.98 Å². The van der Waals surface area contributed by atoms with Crippen LogP contribution in [0.1, 0.15) is 24.0 Å². The molecule has 0 unspecified atom stereocenters. The van der Waals surface area contributed by atoms with Crippen molar-refractivity contribution in [2.45, 2.75) is 31.0 Å². The van der Waals surface area contributed by atoms with Crippen LogP contribution < -0.4 is 5.73 Å². The third-order valence-electron chi connectivity index (χ3n) is 2.65. The highest BCUT2D eigenvalue weighted by atomic mass is 19.4. The highest BCUT2D eigenvalue weighted by Gasteiger charge is 2.41. The smallest absolute Gasteiger partial charge is 0.325 e. The summed E-state index contributed by atoms with van der Waals surface area (Å²) in [7, 11) is 0. The molecule has 1 aromatic heterocycles. The number of hydrogen-bond donors (Lipinski definition) is 1. The minimum absolute atomic E-state index is 0.248. The van der Waals surface area contributed by atoms with E-state index in [0.717, 1.165) is 19.0 Å². The second-order valence-electron chi connectivity index (χ2n) is 4.07. The van der Waals surface area contributed by atoms with Gasteiger partial charge in [0, 0.05) is 17.9 Å². The topological polar surface area (TPSA) is 38.9 Å². The molecule has 0 spiro atoms. The summed E-state index contributed by atoms with van der Waals surface area (Å²) in [5.41, 5.74) is 4.97. The van der Waals surface area contributed by atoms with Gasteiger partial charge in [-0.3, -0.25) is 4.98 Å². The molecule has 1 aromatic rings. The maximum atomic E-state index is 12.6. The SMILES string of the molecule is NC1(Cc2ccncc2C(F)(F)F)CC1. The van der Waals surface area contributed by atoms with Gasteiger partial charge < -0.3 is 5.73 Å². The second kappa shape index (κ2) is 3.20. The zero-order valence-corrected chi connectivity index (χ0v) is 8.01. The molecule has 1 aliphatic carbocycles. The van der Waals surface area contributed by atoms with Crippen LogP contribution in [0.25, 0.3) is 0 Å². The van der Waals surface area contributed by atoms with Gasteiger partial charge in [-0.05, 0) is 30.9 Å². The van der Waals surface area contributed by atoms with E-state index in [0.29, 0.717) is 0 Å². The van der Waals surface area contributed by atoms with Crippen molar-refractivity contribution in [1.29, 1.82) is 0 Å². The lowest BCUT2D eigenvalue weighted by molar-refractivity contribution is -0.138. The van der Waals surface area contributed by atoms with Crippen LogP contribution in [-0.4, -0.2) is 10.5 Å². The lowest BCUT2D eigenvalue weighted by Gasteiger charge is -2.14. The Morgan fingerprint density at radius 3 is 2.60 bits per heavy atom. The van der Waals surface area contributed by atoms with Crippen LogP contribution in [0.3, 0.4) is 0 Å². The van der Waals surface area contributed by atoms with Gasteiger partial charge in [0.15, 0.2) is 0 Å². The van der Waals surface area contributed by atoms with Crippen LogP contribution in [0, 0.1) is 0 Å². The number of alkyl halides is 3. The molecule has 0 bridgehead atoms. The van der Waals surface area contributed by atoms with Crippen LogP contribution in [0.5, 0.6) is 0 Å². The molecule has 2 rings (SSSR count). The van der Waals surface area contributed by atoms with E-state index in [1.807, 2.05) is 0 Å². The van der Waals surface area contributed by atoms with Gasteiger partial charge in [-0.1, -0.05) is 0 Å². The number of halogens is 3. The fourth-order valence-corrected chi connectivity index (χ4v) is 1.55. The number of nitrogens with zero attached hydrogens (tertiary/aromatic N) is 1. The van der Waals surface area contributed by atoms with Crippen LogP contribution in [0.15, 0.2) is 18.5 Å². The molecule has 0 radical (unpaired) electrons. The Labute approximate surface area is 85.3 Å². The summed E-state index contributed by atoms with van der Waals surface area (Å²) in [5.74, 6) is 0.